The first-order valence-corrected chi connectivity index (χ1v) is 6.91. The van der Waals surface area contributed by atoms with Crippen LogP contribution < -0.4 is 4.74 Å². The summed E-state index contributed by atoms with van der Waals surface area (Å²) in [5, 5.41) is 10.7. The third kappa shape index (κ3) is 4.64. The Labute approximate surface area is 133 Å². The molecule has 23 heavy (non-hydrogen) atoms. The largest absolute Gasteiger partial charge is 0.490 e. The van der Waals surface area contributed by atoms with Crippen LogP contribution >= 0.6 is 0 Å². The molecule has 0 aromatic heterocycles. The van der Waals surface area contributed by atoms with Gasteiger partial charge in [-0.1, -0.05) is 43.0 Å². The van der Waals surface area contributed by atoms with Gasteiger partial charge in [-0.05, 0) is 23.8 Å². The van der Waals surface area contributed by atoms with E-state index in [9.17, 15) is 14.9 Å². The Bertz CT molecular complexity index is 765. The van der Waals surface area contributed by atoms with Crippen LogP contribution in [0.4, 0.5) is 5.69 Å². The normalized spacial score (nSPS) is 10.4. The van der Waals surface area contributed by atoms with Crippen LogP contribution in [-0.4, -0.2) is 17.3 Å². The maximum absolute atomic E-state index is 12.1. The van der Waals surface area contributed by atoms with E-state index in [1.807, 2.05) is 18.2 Å². The van der Waals surface area contributed by atoms with Crippen molar-refractivity contribution >= 4 is 17.5 Å². The van der Waals surface area contributed by atoms with Gasteiger partial charge in [0, 0.05) is 17.7 Å². The van der Waals surface area contributed by atoms with Gasteiger partial charge >= 0.3 is 0 Å². The molecule has 116 valence electrons. The number of nitrogens with zero attached hydrogens (tertiary/aromatic N) is 1. The molecule has 0 heterocycles. The molecule has 0 amide bonds. The number of non-ortho nitro benzene ring substituents is 1. The van der Waals surface area contributed by atoms with Crippen LogP contribution in [0, 0.1) is 10.1 Å². The number of rotatable bonds is 7. The Balaban J connectivity index is 2.13. The molecule has 0 atom stereocenters. The van der Waals surface area contributed by atoms with Crippen LogP contribution in [0.5, 0.6) is 5.75 Å². The summed E-state index contributed by atoms with van der Waals surface area (Å²) in [6.45, 7) is 3.98. The molecule has 0 unspecified atom stereocenters. The summed E-state index contributed by atoms with van der Waals surface area (Å²) in [5.74, 6) is 0.376. The van der Waals surface area contributed by atoms with Crippen LogP contribution in [0.25, 0.3) is 6.08 Å². The van der Waals surface area contributed by atoms with E-state index in [0.717, 1.165) is 5.56 Å². The molecule has 0 spiro atoms. The zero-order valence-corrected chi connectivity index (χ0v) is 12.3. The summed E-state index contributed by atoms with van der Waals surface area (Å²) in [6, 6.07) is 12.9. The maximum Gasteiger partial charge on any atom is 0.270 e. The van der Waals surface area contributed by atoms with Crippen molar-refractivity contribution < 1.29 is 14.5 Å². The maximum atomic E-state index is 12.1. The van der Waals surface area contributed by atoms with Crippen LogP contribution in [-0.2, 0) is 0 Å². The first-order chi connectivity index (χ1) is 11.1. The van der Waals surface area contributed by atoms with E-state index in [4.69, 9.17) is 4.74 Å². The van der Waals surface area contributed by atoms with Gasteiger partial charge in [-0.25, -0.2) is 0 Å². The van der Waals surface area contributed by atoms with Crippen molar-refractivity contribution in [2.75, 3.05) is 6.61 Å². The molecule has 0 bridgehead atoms. The number of nitro benzene ring substituents is 1. The van der Waals surface area contributed by atoms with Crippen molar-refractivity contribution in [2.24, 2.45) is 0 Å². The zero-order chi connectivity index (χ0) is 16.7. The number of benzene rings is 2. The Morgan fingerprint density at radius 2 is 2.00 bits per heavy atom. The SMILES string of the molecule is C=CCOc1cccc(/C=C/C(=O)c2cccc([N+](=O)[O-])c2)c1. The molecule has 5 heteroatoms. The molecule has 5 nitrogen and oxygen atoms in total. The third-order valence-electron chi connectivity index (χ3n) is 2.99. The monoisotopic (exact) mass is 309 g/mol. The average molecular weight is 309 g/mol. The van der Waals surface area contributed by atoms with Crippen LogP contribution in [0.3, 0.4) is 0 Å². The summed E-state index contributed by atoms with van der Waals surface area (Å²) in [5.41, 5.74) is 0.962. The molecule has 0 N–H and O–H groups in total. The Morgan fingerprint density at radius 3 is 2.74 bits per heavy atom. The van der Waals surface area contributed by atoms with Crippen molar-refractivity contribution in [1.29, 1.82) is 0 Å². The van der Waals surface area contributed by atoms with Gasteiger partial charge in [-0.2, -0.15) is 0 Å². The van der Waals surface area contributed by atoms with Gasteiger partial charge in [-0.15, -0.1) is 0 Å². The van der Waals surface area contributed by atoms with E-state index in [2.05, 4.69) is 6.58 Å². The lowest BCUT2D eigenvalue weighted by molar-refractivity contribution is -0.384. The number of nitro groups is 1. The minimum atomic E-state index is -0.527. The van der Waals surface area contributed by atoms with Crippen molar-refractivity contribution in [3.05, 3.63) is 88.5 Å². The number of carbonyl (C=O) groups is 1. The molecular weight excluding hydrogens is 294 g/mol. The summed E-state index contributed by atoms with van der Waals surface area (Å²) >= 11 is 0. The van der Waals surface area contributed by atoms with E-state index in [-0.39, 0.29) is 17.0 Å². The number of allylic oxidation sites excluding steroid dienone is 1. The molecule has 0 aliphatic rings. The highest BCUT2D eigenvalue weighted by Crippen LogP contribution is 2.16. The van der Waals surface area contributed by atoms with Gasteiger partial charge in [0.2, 0.25) is 0 Å². The first-order valence-electron chi connectivity index (χ1n) is 6.91. The van der Waals surface area contributed by atoms with Crippen molar-refractivity contribution in [2.45, 2.75) is 0 Å². The highest BCUT2D eigenvalue weighted by atomic mass is 16.6. The van der Waals surface area contributed by atoms with Gasteiger partial charge in [0.15, 0.2) is 5.78 Å². The molecule has 2 aromatic carbocycles. The molecular formula is C18H15NO4. The molecule has 0 saturated carbocycles. The summed E-state index contributed by atoms with van der Waals surface area (Å²) in [4.78, 5) is 22.3. The molecule has 0 saturated heterocycles. The highest BCUT2D eigenvalue weighted by molar-refractivity contribution is 6.07. The predicted molar refractivity (Wildman–Crippen MR) is 88.6 cm³/mol. The lowest BCUT2D eigenvalue weighted by atomic mass is 10.1. The van der Waals surface area contributed by atoms with Crippen molar-refractivity contribution in [3.8, 4) is 5.75 Å². The Hall–Kier alpha value is -3.21. The molecule has 0 radical (unpaired) electrons. The van der Waals surface area contributed by atoms with E-state index in [1.54, 1.807) is 24.3 Å². The van der Waals surface area contributed by atoms with E-state index in [1.165, 1.54) is 24.3 Å². The molecule has 2 aromatic rings. The van der Waals surface area contributed by atoms with Crippen LogP contribution in [0.1, 0.15) is 15.9 Å². The second-order valence-corrected chi connectivity index (χ2v) is 4.68. The lowest BCUT2D eigenvalue weighted by Crippen LogP contribution is -1.96. The molecule has 0 fully saturated rings. The zero-order valence-electron chi connectivity index (χ0n) is 12.3. The van der Waals surface area contributed by atoms with Crippen LogP contribution in [0.2, 0.25) is 0 Å². The summed E-state index contributed by atoms with van der Waals surface area (Å²) < 4.78 is 5.42. The predicted octanol–water partition coefficient (Wildman–Crippen LogP) is 4.06. The fourth-order valence-electron chi connectivity index (χ4n) is 1.90. The smallest absolute Gasteiger partial charge is 0.270 e. The van der Waals surface area contributed by atoms with E-state index < -0.39 is 4.92 Å². The van der Waals surface area contributed by atoms with Gasteiger partial charge in [-0.3, -0.25) is 14.9 Å². The molecule has 2 rings (SSSR count). The van der Waals surface area contributed by atoms with E-state index >= 15 is 0 Å². The highest BCUT2D eigenvalue weighted by Gasteiger charge is 2.09. The van der Waals surface area contributed by atoms with Crippen molar-refractivity contribution in [1.82, 2.24) is 0 Å². The summed E-state index contributed by atoms with van der Waals surface area (Å²) in [6.07, 6.45) is 4.67. The standard InChI is InChI=1S/C18H15NO4/c1-2-11-23-17-8-3-5-14(12-17)9-10-18(20)15-6-4-7-16(13-15)19(21)22/h2-10,12-13H,1,11H2/b10-9+. The van der Waals surface area contributed by atoms with Gasteiger partial charge in [0.25, 0.3) is 5.69 Å². The number of hydrogen-bond donors (Lipinski definition) is 0. The number of ether oxygens (including phenoxy) is 1. The van der Waals surface area contributed by atoms with Gasteiger partial charge < -0.3 is 4.74 Å². The average Bonchev–Trinajstić information content (AvgIpc) is 2.58. The van der Waals surface area contributed by atoms with Gasteiger partial charge in [0.05, 0.1) is 4.92 Å². The lowest BCUT2D eigenvalue weighted by Gasteiger charge is -2.03. The molecule has 0 aliphatic heterocycles. The second kappa shape index (κ2) is 7.70. The minimum absolute atomic E-state index is 0.107. The minimum Gasteiger partial charge on any atom is -0.490 e. The second-order valence-electron chi connectivity index (χ2n) is 4.68. The first kappa shape index (κ1) is 16.2. The number of ketones is 1. The Kier molecular flexibility index (Phi) is 5.41. The Morgan fingerprint density at radius 1 is 1.22 bits per heavy atom. The number of carbonyl (C=O) groups excluding carboxylic acids is 1. The summed E-state index contributed by atoms with van der Waals surface area (Å²) in [7, 11) is 0. The number of hydrogen-bond acceptors (Lipinski definition) is 4. The fourth-order valence-corrected chi connectivity index (χ4v) is 1.90. The molecule has 0 aliphatic carbocycles. The third-order valence-corrected chi connectivity index (χ3v) is 2.99. The van der Waals surface area contributed by atoms with Crippen molar-refractivity contribution in [3.63, 3.8) is 0 Å². The fraction of sp³-hybridized carbons (Fsp3) is 0.0556. The van der Waals surface area contributed by atoms with Gasteiger partial charge in [0.1, 0.15) is 12.4 Å². The van der Waals surface area contributed by atoms with E-state index in [0.29, 0.717) is 12.4 Å². The van der Waals surface area contributed by atoms with Crippen LogP contribution in [0.15, 0.2) is 67.3 Å². The topological polar surface area (TPSA) is 69.4 Å². The quantitative estimate of drug-likeness (QED) is 0.254.